The Morgan fingerprint density at radius 3 is 2.79 bits per heavy atom. The minimum Gasteiger partial charge on any atom is -0.342 e. The molecule has 3 aromatic rings. The van der Waals surface area contributed by atoms with E-state index in [4.69, 9.17) is 0 Å². The molecular weight excluding hydrogens is 396 g/mol. The summed E-state index contributed by atoms with van der Waals surface area (Å²) in [6.45, 7) is 0.965. The Morgan fingerprint density at radius 1 is 1.21 bits per heavy atom. The van der Waals surface area contributed by atoms with Crippen molar-refractivity contribution >= 4 is 38.5 Å². The number of piperidine rings is 1. The van der Waals surface area contributed by atoms with E-state index in [1.807, 2.05) is 30.3 Å². The minimum atomic E-state index is -0.757. The Hall–Kier alpha value is -2.87. The van der Waals surface area contributed by atoms with E-state index in [1.165, 1.54) is 6.07 Å². The van der Waals surface area contributed by atoms with Gasteiger partial charge in [0, 0.05) is 19.2 Å². The Kier molecular flexibility index (Phi) is 5.53. The lowest BCUT2D eigenvalue weighted by Crippen LogP contribution is -2.44. The standard InChI is InChI=1S/C21H19F2N3O2S/c22-15-10-16(23)19-17(11-15)29-21(24-19)25-20(28)14-7-4-8-26(12-14)18(27)9-13-5-2-1-3-6-13/h1-3,5-6,10-11,14H,4,7-9,12H2,(H,24,25,28). The van der Waals surface area contributed by atoms with Crippen molar-refractivity contribution in [1.29, 1.82) is 0 Å². The SMILES string of the molecule is O=C(Nc1nc2c(F)cc(F)cc2s1)C1CCCN(C(=O)Cc2ccccc2)C1. The molecule has 0 radical (unpaired) electrons. The highest BCUT2D eigenvalue weighted by Crippen LogP contribution is 2.29. The molecule has 0 saturated carbocycles. The predicted molar refractivity (Wildman–Crippen MR) is 108 cm³/mol. The van der Waals surface area contributed by atoms with Gasteiger partial charge in [-0.05, 0) is 24.5 Å². The number of fused-ring (bicyclic) bond motifs is 1. The van der Waals surface area contributed by atoms with Crippen molar-refractivity contribution in [2.75, 3.05) is 18.4 Å². The van der Waals surface area contributed by atoms with Gasteiger partial charge in [0.2, 0.25) is 11.8 Å². The molecule has 1 saturated heterocycles. The second-order valence-electron chi connectivity index (χ2n) is 7.08. The number of hydrogen-bond donors (Lipinski definition) is 1. The van der Waals surface area contributed by atoms with Crippen LogP contribution in [0.1, 0.15) is 18.4 Å². The molecule has 1 unspecified atom stereocenters. The van der Waals surface area contributed by atoms with Crippen LogP contribution in [-0.4, -0.2) is 34.8 Å². The number of likely N-dealkylation sites (tertiary alicyclic amines) is 1. The summed E-state index contributed by atoms with van der Waals surface area (Å²) >= 11 is 1.02. The fraction of sp³-hybridized carbons (Fsp3) is 0.286. The van der Waals surface area contributed by atoms with Gasteiger partial charge < -0.3 is 10.2 Å². The van der Waals surface area contributed by atoms with Crippen LogP contribution in [0.4, 0.5) is 13.9 Å². The maximum absolute atomic E-state index is 13.8. The van der Waals surface area contributed by atoms with Crippen molar-refractivity contribution < 1.29 is 18.4 Å². The molecule has 2 aromatic carbocycles. The third-order valence-corrected chi connectivity index (χ3v) is 5.90. The first-order valence-corrected chi connectivity index (χ1v) is 10.2. The van der Waals surface area contributed by atoms with E-state index in [0.29, 0.717) is 30.6 Å². The number of carbonyl (C=O) groups excluding carboxylic acids is 2. The maximum atomic E-state index is 13.8. The van der Waals surface area contributed by atoms with Crippen molar-refractivity contribution in [3.8, 4) is 0 Å². The number of nitrogens with one attached hydrogen (secondary N) is 1. The normalized spacial score (nSPS) is 16.8. The lowest BCUT2D eigenvalue weighted by atomic mass is 9.96. The summed E-state index contributed by atoms with van der Waals surface area (Å²) in [4.78, 5) is 31.0. The fourth-order valence-corrected chi connectivity index (χ4v) is 4.43. The summed E-state index contributed by atoms with van der Waals surface area (Å²) in [5.74, 6) is -2.08. The number of benzene rings is 2. The molecule has 2 heterocycles. The minimum absolute atomic E-state index is 0.00812. The first kappa shape index (κ1) is 19.4. The van der Waals surface area contributed by atoms with Gasteiger partial charge in [-0.2, -0.15) is 0 Å². The molecule has 1 aromatic heterocycles. The van der Waals surface area contributed by atoms with Crippen LogP contribution in [0.3, 0.4) is 0 Å². The van der Waals surface area contributed by atoms with E-state index >= 15 is 0 Å². The fourth-order valence-electron chi connectivity index (χ4n) is 3.52. The van der Waals surface area contributed by atoms with Gasteiger partial charge in [-0.25, -0.2) is 13.8 Å². The monoisotopic (exact) mass is 415 g/mol. The third kappa shape index (κ3) is 4.42. The van der Waals surface area contributed by atoms with Gasteiger partial charge in [0.15, 0.2) is 10.9 Å². The summed E-state index contributed by atoms with van der Waals surface area (Å²) in [5.41, 5.74) is 0.975. The average molecular weight is 415 g/mol. The average Bonchev–Trinajstić information content (AvgIpc) is 3.11. The molecule has 5 nitrogen and oxygen atoms in total. The van der Waals surface area contributed by atoms with Crippen LogP contribution in [0.25, 0.3) is 10.2 Å². The van der Waals surface area contributed by atoms with E-state index in [2.05, 4.69) is 10.3 Å². The number of thiazole rings is 1. The first-order chi connectivity index (χ1) is 14.0. The zero-order valence-electron chi connectivity index (χ0n) is 15.5. The molecule has 0 bridgehead atoms. The highest BCUT2D eigenvalue weighted by Gasteiger charge is 2.29. The first-order valence-electron chi connectivity index (χ1n) is 9.38. The second kappa shape index (κ2) is 8.24. The highest BCUT2D eigenvalue weighted by atomic mass is 32.1. The van der Waals surface area contributed by atoms with Crippen LogP contribution < -0.4 is 5.32 Å². The molecule has 1 fully saturated rings. The summed E-state index contributed by atoms with van der Waals surface area (Å²) in [6, 6.07) is 11.4. The molecule has 2 amide bonds. The highest BCUT2D eigenvalue weighted by molar-refractivity contribution is 7.22. The van der Waals surface area contributed by atoms with Crippen molar-refractivity contribution in [2.24, 2.45) is 5.92 Å². The maximum Gasteiger partial charge on any atom is 0.231 e. The number of anilines is 1. The number of nitrogens with zero attached hydrogens (tertiary/aromatic N) is 2. The van der Waals surface area contributed by atoms with Crippen molar-refractivity contribution in [3.05, 3.63) is 59.7 Å². The predicted octanol–water partition coefficient (Wildman–Crippen LogP) is 3.99. The van der Waals surface area contributed by atoms with Gasteiger partial charge in [0.1, 0.15) is 11.3 Å². The molecule has 1 N–H and O–H groups in total. The van der Waals surface area contributed by atoms with E-state index in [1.54, 1.807) is 4.90 Å². The van der Waals surface area contributed by atoms with E-state index in [9.17, 15) is 18.4 Å². The molecule has 0 spiro atoms. The molecule has 1 atom stereocenters. The molecule has 1 aliphatic heterocycles. The van der Waals surface area contributed by atoms with Crippen molar-refractivity contribution in [2.45, 2.75) is 19.3 Å². The third-order valence-electron chi connectivity index (χ3n) is 4.99. The van der Waals surface area contributed by atoms with Crippen molar-refractivity contribution in [3.63, 3.8) is 0 Å². The lowest BCUT2D eigenvalue weighted by molar-refractivity contribution is -0.133. The summed E-state index contributed by atoms with van der Waals surface area (Å²) in [5, 5.41) is 2.92. The van der Waals surface area contributed by atoms with Crippen LogP contribution in [0.15, 0.2) is 42.5 Å². The van der Waals surface area contributed by atoms with Gasteiger partial charge >= 0.3 is 0 Å². The summed E-state index contributed by atoms with van der Waals surface area (Å²) < 4.78 is 27.5. The molecule has 150 valence electrons. The van der Waals surface area contributed by atoms with Gasteiger partial charge in [-0.15, -0.1) is 0 Å². The molecule has 8 heteroatoms. The van der Waals surface area contributed by atoms with E-state index < -0.39 is 11.6 Å². The van der Waals surface area contributed by atoms with Gasteiger partial charge in [-0.3, -0.25) is 9.59 Å². The summed E-state index contributed by atoms with van der Waals surface area (Å²) in [6.07, 6.45) is 1.70. The van der Waals surface area contributed by atoms with Crippen LogP contribution >= 0.6 is 11.3 Å². The van der Waals surface area contributed by atoms with Crippen LogP contribution in [-0.2, 0) is 16.0 Å². The molecule has 1 aliphatic rings. The molecule has 0 aliphatic carbocycles. The number of carbonyl (C=O) groups is 2. The van der Waals surface area contributed by atoms with Gasteiger partial charge in [-0.1, -0.05) is 41.7 Å². The lowest BCUT2D eigenvalue weighted by Gasteiger charge is -2.32. The smallest absolute Gasteiger partial charge is 0.231 e. The Labute approximate surface area is 170 Å². The number of amides is 2. The quantitative estimate of drug-likeness (QED) is 0.701. The number of hydrogen-bond acceptors (Lipinski definition) is 4. The number of aromatic nitrogens is 1. The van der Waals surface area contributed by atoms with Crippen LogP contribution in [0.5, 0.6) is 0 Å². The Balaban J connectivity index is 1.41. The second-order valence-corrected chi connectivity index (χ2v) is 8.11. The Morgan fingerprint density at radius 2 is 2.00 bits per heavy atom. The topological polar surface area (TPSA) is 62.3 Å². The molecular formula is C21H19F2N3O2S. The van der Waals surface area contributed by atoms with Gasteiger partial charge in [0.25, 0.3) is 0 Å². The molecule has 29 heavy (non-hydrogen) atoms. The summed E-state index contributed by atoms with van der Waals surface area (Å²) in [7, 11) is 0. The molecule has 4 rings (SSSR count). The van der Waals surface area contributed by atoms with Crippen LogP contribution in [0.2, 0.25) is 0 Å². The van der Waals surface area contributed by atoms with Crippen molar-refractivity contribution in [1.82, 2.24) is 9.88 Å². The van der Waals surface area contributed by atoms with E-state index in [0.717, 1.165) is 29.4 Å². The van der Waals surface area contributed by atoms with E-state index in [-0.39, 0.29) is 28.4 Å². The number of rotatable bonds is 4. The van der Waals surface area contributed by atoms with Gasteiger partial charge in [0.05, 0.1) is 17.0 Å². The van der Waals surface area contributed by atoms with Crippen LogP contribution in [0, 0.1) is 17.6 Å². The largest absolute Gasteiger partial charge is 0.342 e. The number of halogens is 2. The zero-order valence-corrected chi connectivity index (χ0v) is 16.3. The zero-order chi connectivity index (χ0) is 20.4. The Bertz CT molecular complexity index is 1050.